The molecule has 20 nitrogen and oxygen atoms in total. The molecule has 3 saturated heterocycles. The van der Waals surface area contributed by atoms with E-state index in [0.717, 1.165) is 51.3 Å². The summed E-state index contributed by atoms with van der Waals surface area (Å²) in [5.74, 6) is -3.94. The van der Waals surface area contributed by atoms with Gasteiger partial charge in [-0.1, -0.05) is 68.8 Å². The van der Waals surface area contributed by atoms with Gasteiger partial charge in [-0.3, -0.25) is 33.8 Å². The van der Waals surface area contributed by atoms with Crippen LogP contribution in [0.15, 0.2) is 54.6 Å². The van der Waals surface area contributed by atoms with Crippen LogP contribution in [0, 0.1) is 23.2 Å². The lowest BCUT2D eigenvalue weighted by Crippen LogP contribution is -2.51. The number of amides is 4. The van der Waals surface area contributed by atoms with Crippen molar-refractivity contribution in [3.63, 3.8) is 0 Å². The van der Waals surface area contributed by atoms with Gasteiger partial charge in [-0.15, -0.1) is 5.06 Å². The predicted molar refractivity (Wildman–Crippen MR) is 282 cm³/mol. The molecule has 2 aromatic rings. The van der Waals surface area contributed by atoms with Crippen LogP contribution in [0.1, 0.15) is 95.9 Å². The summed E-state index contributed by atoms with van der Waals surface area (Å²) in [5, 5.41) is 6.50. The molecule has 4 aliphatic heterocycles. The summed E-state index contributed by atoms with van der Waals surface area (Å²) in [7, 11) is 1.51. The van der Waals surface area contributed by atoms with Gasteiger partial charge >= 0.3 is 17.9 Å². The van der Waals surface area contributed by atoms with Gasteiger partial charge < -0.3 is 48.6 Å². The van der Waals surface area contributed by atoms with Gasteiger partial charge in [0.2, 0.25) is 11.8 Å². The first kappa shape index (κ1) is 60.7. The van der Waals surface area contributed by atoms with Gasteiger partial charge in [0, 0.05) is 78.1 Å². The molecule has 0 bridgehead atoms. The molecular formula is C56H78ClN5O15. The van der Waals surface area contributed by atoms with Crippen molar-refractivity contribution in [2.75, 3.05) is 92.6 Å². The molecule has 6 atom stereocenters. The van der Waals surface area contributed by atoms with E-state index in [1.165, 1.54) is 18.7 Å². The van der Waals surface area contributed by atoms with Gasteiger partial charge in [0.1, 0.15) is 17.9 Å². The second-order valence-corrected chi connectivity index (χ2v) is 21.5. The maximum atomic E-state index is 14.1. The number of halogens is 1. The van der Waals surface area contributed by atoms with Crippen LogP contribution in [-0.4, -0.2) is 167 Å². The average Bonchev–Trinajstić information content (AvgIpc) is 4.02. The number of imide groups is 1. The lowest BCUT2D eigenvalue weighted by molar-refractivity contribution is -0.198. The fourth-order valence-corrected chi connectivity index (χ4v) is 9.80. The second-order valence-electron chi connectivity index (χ2n) is 21.1. The van der Waals surface area contributed by atoms with Crippen molar-refractivity contribution in [1.29, 1.82) is 0 Å². The minimum absolute atomic E-state index is 0.0161. The molecule has 0 spiro atoms. The van der Waals surface area contributed by atoms with Crippen LogP contribution in [0.4, 0.5) is 0 Å². The zero-order chi connectivity index (χ0) is 55.5. The maximum Gasteiger partial charge on any atom is 0.347 e. The number of hydroxylamine groups is 2. The molecule has 77 heavy (non-hydrogen) atoms. The summed E-state index contributed by atoms with van der Waals surface area (Å²) >= 11 is 6.41. The first-order valence-corrected chi connectivity index (χ1v) is 27.2. The van der Waals surface area contributed by atoms with Gasteiger partial charge in [0.05, 0.1) is 69.7 Å². The van der Waals surface area contributed by atoms with Gasteiger partial charge in [0.15, 0.2) is 6.10 Å². The third-order valence-corrected chi connectivity index (χ3v) is 14.5. The highest BCUT2D eigenvalue weighted by atomic mass is 35.5. The first-order chi connectivity index (χ1) is 36.9. The van der Waals surface area contributed by atoms with Crippen molar-refractivity contribution in [2.45, 2.75) is 110 Å². The van der Waals surface area contributed by atoms with E-state index in [2.05, 4.69) is 44.7 Å². The molecule has 2 aromatic carbocycles. The summed E-state index contributed by atoms with van der Waals surface area (Å²) < 4.78 is 40.7. The highest BCUT2D eigenvalue weighted by Gasteiger charge is 2.41. The van der Waals surface area contributed by atoms with E-state index in [4.69, 9.17) is 49.6 Å². The summed E-state index contributed by atoms with van der Waals surface area (Å²) in [4.78, 5) is 99.7. The Bertz CT molecular complexity index is 2330. The minimum Gasteiger partial charge on any atom is -0.495 e. The Morgan fingerprint density at radius 2 is 1.48 bits per heavy atom. The number of carbonyl (C=O) groups excluding carboxylic acids is 7. The number of methoxy groups -OCH3 is 1. The topological polar surface area (TPSA) is 227 Å². The second kappa shape index (κ2) is 30.0. The fraction of sp³-hybridized carbons (Fsp3) is 0.625. The Balaban J connectivity index is 0.971. The Kier molecular flexibility index (Phi) is 23.7. The third kappa shape index (κ3) is 18.9. The van der Waals surface area contributed by atoms with Crippen LogP contribution in [-0.2, 0) is 79.8 Å². The van der Waals surface area contributed by atoms with E-state index >= 15 is 0 Å². The van der Waals surface area contributed by atoms with Crippen molar-refractivity contribution in [3.8, 4) is 5.75 Å². The Hall–Kier alpha value is -5.48. The molecule has 2 N–H and O–H groups in total. The number of cyclic esters (lactones) is 2. The Morgan fingerprint density at radius 1 is 0.831 bits per heavy atom. The van der Waals surface area contributed by atoms with E-state index in [-0.39, 0.29) is 82.1 Å². The molecule has 4 amide bonds. The Labute approximate surface area is 457 Å². The van der Waals surface area contributed by atoms with Crippen molar-refractivity contribution in [1.82, 2.24) is 25.5 Å². The van der Waals surface area contributed by atoms with Gasteiger partial charge in [-0.05, 0) is 79.3 Å². The molecule has 424 valence electrons. The highest BCUT2D eigenvalue weighted by molar-refractivity contribution is 6.32. The number of benzene rings is 2. The quantitative estimate of drug-likeness (QED) is 0.0855. The first-order valence-electron chi connectivity index (χ1n) is 26.8. The molecule has 21 heteroatoms. The van der Waals surface area contributed by atoms with Gasteiger partial charge in [0.25, 0.3) is 11.8 Å². The van der Waals surface area contributed by atoms with Crippen LogP contribution < -0.4 is 15.4 Å². The standard InChI is InChI=1S/C56H78ClN5O15/c1-37(2)32-47-54(68)75-45(8-7-9-48(63)59-44(34-40-12-15-46(70-6)43(57)33-40)53(67)58-36-56(4,5)55(69)76-47)38(3)42-18-26-74-52(42)41-13-10-39(11-14-41)35-61-22-20-60(21-23-61)24-27-72-29-31-73-30-28-71-25-19-51(66)77-62-49(64)16-17-50(62)65/h7,9-15,33,37-38,42,44-45,47,52H,8,16-32,34-36H2,1-6H3,(H,58,67)(H,59,63)/b9-7+/t38?,42-,44-,45+,47+,52-/m1/s1. The molecular weight excluding hydrogens is 1020 g/mol. The zero-order valence-corrected chi connectivity index (χ0v) is 46.2. The summed E-state index contributed by atoms with van der Waals surface area (Å²) in [5.41, 5.74) is 1.65. The number of carbonyl (C=O) groups is 7. The number of nitrogens with zero attached hydrogens (tertiary/aromatic N) is 3. The number of esters is 2. The van der Waals surface area contributed by atoms with Gasteiger partial charge in [-0.25, -0.2) is 9.59 Å². The zero-order valence-electron chi connectivity index (χ0n) is 45.4. The normalized spacial score (nSPS) is 24.1. The largest absolute Gasteiger partial charge is 0.495 e. The molecule has 4 heterocycles. The lowest BCUT2D eigenvalue weighted by atomic mass is 9.80. The number of piperazine rings is 1. The molecule has 0 aromatic heterocycles. The van der Waals surface area contributed by atoms with E-state index in [0.29, 0.717) is 54.4 Å². The highest BCUT2D eigenvalue weighted by Crippen LogP contribution is 2.42. The SMILES string of the molecule is COc1ccc(C[C@H]2NC(=O)/C=C/C[C@@H](C(C)[C@H]3CCO[C@@H]3c3ccc(CN4CCN(CCOCCOCCOCCC(=O)ON5C(=O)CCC5=O)CC4)cc3)OC(=O)[C@H](CC(C)C)OC(=O)C(C)(C)CNC2=O)cc1Cl. The maximum absolute atomic E-state index is 14.1. The molecule has 1 unspecified atom stereocenters. The van der Waals surface area contributed by atoms with Crippen molar-refractivity contribution < 1.29 is 71.6 Å². The number of hydrogen-bond donors (Lipinski definition) is 2. The number of nitrogens with one attached hydrogen (secondary N) is 2. The van der Waals surface area contributed by atoms with Crippen LogP contribution in [0.3, 0.4) is 0 Å². The van der Waals surface area contributed by atoms with Crippen molar-refractivity contribution >= 4 is 53.1 Å². The van der Waals surface area contributed by atoms with Crippen LogP contribution in [0.2, 0.25) is 5.02 Å². The summed E-state index contributed by atoms with van der Waals surface area (Å²) in [6.45, 7) is 17.0. The minimum atomic E-state index is -1.24. The van der Waals surface area contributed by atoms with E-state index < -0.39 is 65.2 Å². The van der Waals surface area contributed by atoms with E-state index in [1.807, 2.05) is 20.8 Å². The van der Waals surface area contributed by atoms with Crippen LogP contribution in [0.25, 0.3) is 0 Å². The third-order valence-electron chi connectivity index (χ3n) is 14.2. The number of ether oxygens (including phenoxy) is 7. The monoisotopic (exact) mass is 1100 g/mol. The fourth-order valence-electron chi connectivity index (χ4n) is 9.52. The van der Waals surface area contributed by atoms with Crippen molar-refractivity contribution in [3.05, 3.63) is 76.3 Å². The molecule has 0 saturated carbocycles. The van der Waals surface area contributed by atoms with Crippen LogP contribution in [0.5, 0.6) is 5.75 Å². The predicted octanol–water partition coefficient (Wildman–Crippen LogP) is 4.93. The van der Waals surface area contributed by atoms with Gasteiger partial charge in [-0.2, -0.15) is 0 Å². The summed E-state index contributed by atoms with van der Waals surface area (Å²) in [6.07, 6.45) is 2.07. The molecule has 0 radical (unpaired) electrons. The number of hydrogen-bond acceptors (Lipinski definition) is 17. The molecule has 4 aliphatic rings. The Morgan fingerprint density at radius 3 is 2.14 bits per heavy atom. The lowest BCUT2D eigenvalue weighted by Gasteiger charge is -2.34. The smallest absolute Gasteiger partial charge is 0.347 e. The number of rotatable bonds is 23. The van der Waals surface area contributed by atoms with Crippen LogP contribution >= 0.6 is 11.6 Å². The molecule has 0 aliphatic carbocycles. The van der Waals surface area contributed by atoms with E-state index in [9.17, 15) is 33.6 Å². The van der Waals surface area contributed by atoms with E-state index in [1.54, 1.807) is 38.1 Å². The average molecular weight is 1100 g/mol. The van der Waals surface area contributed by atoms with Crippen molar-refractivity contribution in [2.24, 2.45) is 23.2 Å². The molecule has 6 rings (SSSR count). The summed E-state index contributed by atoms with van der Waals surface area (Å²) in [6, 6.07) is 12.6. The molecule has 3 fully saturated rings.